The molecule has 1 aliphatic carbocycles. The van der Waals surface area contributed by atoms with Gasteiger partial charge in [-0.05, 0) is 25.7 Å². The van der Waals surface area contributed by atoms with Crippen LogP contribution in [0.3, 0.4) is 0 Å². The van der Waals surface area contributed by atoms with Crippen LogP contribution in [0, 0.1) is 5.41 Å². The fourth-order valence-corrected chi connectivity index (χ4v) is 3.87. The molecule has 19 heavy (non-hydrogen) atoms. The molecule has 0 spiro atoms. The van der Waals surface area contributed by atoms with Gasteiger partial charge in [-0.2, -0.15) is 0 Å². The summed E-state index contributed by atoms with van der Waals surface area (Å²) < 4.78 is 0. The molecular weight excluding hydrogens is 260 g/mol. The number of carbonyl (C=O) groups excluding carboxylic acids is 2. The third kappa shape index (κ3) is 1.90. The highest BCUT2D eigenvalue weighted by Crippen LogP contribution is 2.46. The summed E-state index contributed by atoms with van der Waals surface area (Å²) in [6.45, 7) is 3.94. The molecule has 106 valence electrons. The van der Waals surface area contributed by atoms with E-state index in [1.54, 1.807) is 0 Å². The van der Waals surface area contributed by atoms with E-state index in [1.165, 1.54) is 4.90 Å². The lowest BCUT2D eigenvalue weighted by Gasteiger charge is -2.37. The first-order valence-electron chi connectivity index (χ1n) is 7.11. The maximum Gasteiger partial charge on any atom is 0.236 e. The summed E-state index contributed by atoms with van der Waals surface area (Å²) in [7, 11) is 0. The Morgan fingerprint density at radius 1 is 1.26 bits per heavy atom. The van der Waals surface area contributed by atoms with Crippen LogP contribution in [0.25, 0.3) is 0 Å². The highest BCUT2D eigenvalue weighted by Gasteiger charge is 2.57. The van der Waals surface area contributed by atoms with Gasteiger partial charge >= 0.3 is 0 Å². The summed E-state index contributed by atoms with van der Waals surface area (Å²) in [5.41, 5.74) is 4.68. The molecule has 2 N–H and O–H groups in total. The van der Waals surface area contributed by atoms with Gasteiger partial charge in [0.15, 0.2) is 0 Å². The molecule has 1 aliphatic heterocycles. The Labute approximate surface area is 119 Å². The van der Waals surface area contributed by atoms with Crippen LogP contribution in [0.5, 0.6) is 0 Å². The Balaban J connectivity index is 2.42. The molecule has 0 unspecified atom stereocenters. The summed E-state index contributed by atoms with van der Waals surface area (Å²) in [6.07, 6.45) is 5.09. The normalized spacial score (nSPS) is 25.1. The monoisotopic (exact) mass is 282 g/mol. The number of nitrogens with two attached hydrogens (primary N) is 1. The molecule has 2 rings (SSSR count). The van der Waals surface area contributed by atoms with Gasteiger partial charge in [0.05, 0.1) is 10.4 Å². The molecule has 0 aromatic rings. The Kier molecular flexibility index (Phi) is 3.69. The van der Waals surface area contributed by atoms with Crippen molar-refractivity contribution in [2.75, 3.05) is 0 Å². The maximum atomic E-state index is 12.8. The third-order valence-electron chi connectivity index (χ3n) is 5.07. The predicted octanol–water partition coefficient (Wildman–Crippen LogP) is 2.15. The topological polar surface area (TPSA) is 63.4 Å². The van der Waals surface area contributed by atoms with E-state index in [0.717, 1.165) is 25.7 Å². The molecule has 1 saturated carbocycles. The van der Waals surface area contributed by atoms with Gasteiger partial charge < -0.3 is 5.73 Å². The molecule has 2 fully saturated rings. The minimum atomic E-state index is -0.685. The van der Waals surface area contributed by atoms with E-state index < -0.39 is 11.0 Å². The van der Waals surface area contributed by atoms with E-state index in [0.29, 0.717) is 24.3 Å². The molecule has 5 heteroatoms. The Morgan fingerprint density at radius 3 is 2.16 bits per heavy atom. The largest absolute Gasteiger partial charge is 0.391 e. The Bertz CT molecular complexity index is 423. The van der Waals surface area contributed by atoms with Crippen molar-refractivity contribution in [1.82, 2.24) is 4.90 Å². The molecule has 2 amide bonds. The molecule has 0 atom stereocenters. The van der Waals surface area contributed by atoms with E-state index >= 15 is 0 Å². The minimum absolute atomic E-state index is 0.0581. The molecule has 0 bridgehead atoms. The molecule has 1 saturated heterocycles. The van der Waals surface area contributed by atoms with Gasteiger partial charge in [0.25, 0.3) is 0 Å². The fourth-order valence-electron chi connectivity index (χ4n) is 3.57. The lowest BCUT2D eigenvalue weighted by atomic mass is 9.80. The summed E-state index contributed by atoms with van der Waals surface area (Å²) in [5.74, 6) is -0.152. The average molecular weight is 282 g/mol. The highest BCUT2D eigenvalue weighted by atomic mass is 32.1. The molecule has 0 aromatic heterocycles. The molecule has 1 heterocycles. The molecule has 0 radical (unpaired) electrons. The van der Waals surface area contributed by atoms with E-state index in [9.17, 15) is 9.59 Å². The number of carbonyl (C=O) groups is 2. The van der Waals surface area contributed by atoms with Crippen molar-refractivity contribution in [3.8, 4) is 0 Å². The number of rotatable bonds is 4. The van der Waals surface area contributed by atoms with Crippen molar-refractivity contribution < 1.29 is 9.59 Å². The predicted molar refractivity (Wildman–Crippen MR) is 77.5 cm³/mol. The van der Waals surface area contributed by atoms with Gasteiger partial charge in [0, 0.05) is 6.42 Å². The smallest absolute Gasteiger partial charge is 0.236 e. The number of imide groups is 1. The SMILES string of the molecule is CCC1(CC)CC(=O)N(C2(C(N)=S)CCCC2)C1=O. The average Bonchev–Trinajstić information content (AvgIpc) is 2.94. The summed E-state index contributed by atoms with van der Waals surface area (Å²) >= 11 is 5.19. The van der Waals surface area contributed by atoms with Gasteiger partial charge in [0.1, 0.15) is 5.54 Å². The standard InChI is InChI=1S/C14H22N2O2S/c1-3-13(4-2)9-10(17)16(12(13)18)14(11(15)19)7-5-6-8-14/h3-9H2,1-2H3,(H2,15,19). The fraction of sp³-hybridized carbons (Fsp3) is 0.786. The molecular formula is C14H22N2O2S. The van der Waals surface area contributed by atoms with Crippen molar-refractivity contribution >= 4 is 29.0 Å². The first-order valence-corrected chi connectivity index (χ1v) is 7.52. The zero-order valence-corrected chi connectivity index (χ0v) is 12.5. The van der Waals surface area contributed by atoms with Gasteiger partial charge in [-0.25, -0.2) is 0 Å². The summed E-state index contributed by atoms with van der Waals surface area (Å²) in [4.78, 5) is 26.9. The van der Waals surface area contributed by atoms with E-state index in [1.807, 2.05) is 13.8 Å². The van der Waals surface area contributed by atoms with Crippen molar-refractivity contribution in [2.24, 2.45) is 11.1 Å². The van der Waals surface area contributed by atoms with Crippen LogP contribution in [-0.4, -0.2) is 27.2 Å². The number of likely N-dealkylation sites (tertiary alicyclic amines) is 1. The first kappa shape index (κ1) is 14.4. The van der Waals surface area contributed by atoms with Crippen LogP contribution >= 0.6 is 12.2 Å². The molecule has 2 aliphatic rings. The molecule has 4 nitrogen and oxygen atoms in total. The van der Waals surface area contributed by atoms with Crippen molar-refractivity contribution in [3.63, 3.8) is 0 Å². The van der Waals surface area contributed by atoms with Crippen LogP contribution in [0.4, 0.5) is 0 Å². The number of amides is 2. The second-order valence-electron chi connectivity index (χ2n) is 5.80. The Hall–Kier alpha value is -0.970. The first-order chi connectivity index (χ1) is 8.93. The maximum absolute atomic E-state index is 12.8. The van der Waals surface area contributed by atoms with Crippen molar-refractivity contribution in [1.29, 1.82) is 0 Å². The molecule has 0 aromatic carbocycles. The number of nitrogens with zero attached hydrogens (tertiary/aromatic N) is 1. The third-order valence-corrected chi connectivity index (χ3v) is 5.45. The quantitative estimate of drug-likeness (QED) is 0.634. The van der Waals surface area contributed by atoms with Gasteiger partial charge in [-0.15, -0.1) is 0 Å². The van der Waals surface area contributed by atoms with Crippen molar-refractivity contribution in [2.45, 2.75) is 64.3 Å². The van der Waals surface area contributed by atoms with Crippen LogP contribution in [0.15, 0.2) is 0 Å². The van der Waals surface area contributed by atoms with Crippen LogP contribution in [-0.2, 0) is 9.59 Å². The number of thiocarbonyl (C=S) groups is 1. The summed E-state index contributed by atoms with van der Waals surface area (Å²) in [5, 5.41) is 0. The van der Waals surface area contributed by atoms with Crippen LogP contribution in [0.2, 0.25) is 0 Å². The van der Waals surface area contributed by atoms with E-state index in [4.69, 9.17) is 18.0 Å². The lowest BCUT2D eigenvalue weighted by Crippen LogP contribution is -2.58. The summed E-state index contributed by atoms with van der Waals surface area (Å²) in [6, 6.07) is 0. The second kappa shape index (κ2) is 4.85. The lowest BCUT2D eigenvalue weighted by molar-refractivity contribution is -0.146. The van der Waals surface area contributed by atoms with Crippen molar-refractivity contribution in [3.05, 3.63) is 0 Å². The van der Waals surface area contributed by atoms with Crippen LogP contribution < -0.4 is 5.73 Å². The minimum Gasteiger partial charge on any atom is -0.391 e. The zero-order valence-electron chi connectivity index (χ0n) is 11.7. The van der Waals surface area contributed by atoms with E-state index in [-0.39, 0.29) is 11.8 Å². The van der Waals surface area contributed by atoms with Crippen LogP contribution in [0.1, 0.15) is 58.8 Å². The second-order valence-corrected chi connectivity index (χ2v) is 6.24. The Morgan fingerprint density at radius 2 is 1.79 bits per heavy atom. The number of hydrogen-bond donors (Lipinski definition) is 1. The van der Waals surface area contributed by atoms with E-state index in [2.05, 4.69) is 0 Å². The highest BCUT2D eigenvalue weighted by molar-refractivity contribution is 7.80. The van der Waals surface area contributed by atoms with Gasteiger partial charge in [-0.3, -0.25) is 14.5 Å². The van der Waals surface area contributed by atoms with Gasteiger partial charge in [0.2, 0.25) is 11.8 Å². The zero-order chi connectivity index (χ0) is 14.3. The van der Waals surface area contributed by atoms with Gasteiger partial charge in [-0.1, -0.05) is 38.9 Å². The number of hydrogen-bond acceptors (Lipinski definition) is 3.